The Bertz CT molecular complexity index is 372. The van der Waals surface area contributed by atoms with Crippen molar-refractivity contribution < 1.29 is 23.1 Å². The van der Waals surface area contributed by atoms with E-state index < -0.39 is 27.8 Å². The third-order valence-corrected chi connectivity index (χ3v) is 3.88. The fourth-order valence-electron chi connectivity index (χ4n) is 0.930. The predicted octanol–water partition coefficient (Wildman–Crippen LogP) is -0.739. The molecule has 0 spiro atoms. The van der Waals surface area contributed by atoms with E-state index in [1.807, 2.05) is 0 Å². The van der Waals surface area contributed by atoms with Gasteiger partial charge in [0, 0.05) is 13.7 Å². The first-order chi connectivity index (χ1) is 7.36. The molecular formula is C8H14N2O5S. The minimum Gasteiger partial charge on any atom is -0.480 e. The molecule has 0 aliphatic carbocycles. The van der Waals surface area contributed by atoms with Crippen molar-refractivity contribution in [3.05, 3.63) is 0 Å². The first-order valence-electron chi connectivity index (χ1n) is 4.45. The number of rotatable bonds is 7. The van der Waals surface area contributed by atoms with Crippen LogP contribution in [-0.4, -0.2) is 55.9 Å². The fourth-order valence-corrected chi connectivity index (χ4v) is 2.13. The zero-order valence-corrected chi connectivity index (χ0v) is 9.90. The van der Waals surface area contributed by atoms with E-state index in [9.17, 15) is 13.2 Å². The van der Waals surface area contributed by atoms with Gasteiger partial charge in [-0.05, 0) is 6.92 Å². The Balaban J connectivity index is 4.88. The monoisotopic (exact) mass is 250 g/mol. The Kier molecular flexibility index (Phi) is 5.95. The van der Waals surface area contributed by atoms with Gasteiger partial charge in [0.25, 0.3) is 0 Å². The highest BCUT2D eigenvalue weighted by Gasteiger charge is 2.29. The molecule has 0 radical (unpaired) electrons. The van der Waals surface area contributed by atoms with Gasteiger partial charge in [0.2, 0.25) is 10.0 Å². The largest absolute Gasteiger partial charge is 0.480 e. The van der Waals surface area contributed by atoms with Crippen LogP contribution in [0.5, 0.6) is 0 Å². The summed E-state index contributed by atoms with van der Waals surface area (Å²) in [7, 11) is -2.53. The molecule has 0 amide bonds. The van der Waals surface area contributed by atoms with Crippen molar-refractivity contribution in [1.82, 2.24) is 4.31 Å². The molecule has 1 N–H and O–H groups in total. The van der Waals surface area contributed by atoms with Gasteiger partial charge in [-0.25, -0.2) is 8.42 Å². The highest BCUT2D eigenvalue weighted by atomic mass is 32.2. The highest BCUT2D eigenvalue weighted by Crippen LogP contribution is 2.07. The minimum atomic E-state index is -3.91. The zero-order chi connectivity index (χ0) is 12.8. The molecule has 16 heavy (non-hydrogen) atoms. The quantitative estimate of drug-likeness (QED) is 0.637. The van der Waals surface area contributed by atoms with Gasteiger partial charge in [-0.1, -0.05) is 0 Å². The van der Waals surface area contributed by atoms with Crippen LogP contribution in [0.25, 0.3) is 0 Å². The van der Waals surface area contributed by atoms with Gasteiger partial charge in [0.05, 0.1) is 12.7 Å². The molecule has 0 rings (SSSR count). The van der Waals surface area contributed by atoms with Gasteiger partial charge in [-0.15, -0.1) is 0 Å². The van der Waals surface area contributed by atoms with E-state index in [1.54, 1.807) is 6.07 Å². The average Bonchev–Trinajstić information content (AvgIpc) is 2.22. The van der Waals surface area contributed by atoms with Gasteiger partial charge in [0.1, 0.15) is 6.54 Å². The number of nitrogens with zero attached hydrogens (tertiary/aromatic N) is 2. The molecule has 0 heterocycles. The Morgan fingerprint density at radius 3 is 2.56 bits per heavy atom. The van der Waals surface area contributed by atoms with Crippen LogP contribution in [0.1, 0.15) is 6.92 Å². The van der Waals surface area contributed by atoms with Crippen LogP contribution in [0, 0.1) is 11.3 Å². The van der Waals surface area contributed by atoms with Gasteiger partial charge >= 0.3 is 5.97 Å². The van der Waals surface area contributed by atoms with Crippen molar-refractivity contribution in [2.45, 2.75) is 12.2 Å². The van der Waals surface area contributed by atoms with E-state index in [4.69, 9.17) is 10.4 Å². The van der Waals surface area contributed by atoms with Crippen LogP contribution in [-0.2, 0) is 19.6 Å². The summed E-state index contributed by atoms with van der Waals surface area (Å²) in [6.45, 7) is 0.524. The summed E-state index contributed by atoms with van der Waals surface area (Å²) >= 11 is 0. The van der Waals surface area contributed by atoms with E-state index >= 15 is 0 Å². The summed E-state index contributed by atoms with van der Waals surface area (Å²) < 4.78 is 28.8. The standard InChI is InChI=1S/C8H14N2O5S/c1-7(5-9)16(13,14)10(3-4-15-2)6-8(11)12/h7H,3-4,6H2,1-2H3,(H,11,12). The molecule has 92 valence electrons. The second kappa shape index (κ2) is 6.42. The molecule has 0 fully saturated rings. The van der Waals surface area contributed by atoms with Gasteiger partial charge in [-0.3, -0.25) is 4.79 Å². The predicted molar refractivity (Wildman–Crippen MR) is 55.1 cm³/mol. The molecule has 0 saturated carbocycles. The van der Waals surface area contributed by atoms with E-state index in [2.05, 4.69) is 4.74 Å². The molecule has 0 aliphatic heterocycles. The summed E-state index contributed by atoms with van der Waals surface area (Å²) in [6, 6.07) is 1.57. The molecule has 0 aromatic heterocycles. The normalized spacial score (nSPS) is 13.4. The topological polar surface area (TPSA) is 108 Å². The molecule has 8 heteroatoms. The molecular weight excluding hydrogens is 236 g/mol. The molecule has 1 atom stereocenters. The van der Waals surface area contributed by atoms with Crippen molar-refractivity contribution in [1.29, 1.82) is 5.26 Å². The smallest absolute Gasteiger partial charge is 0.318 e. The lowest BCUT2D eigenvalue weighted by molar-refractivity contribution is -0.137. The maximum atomic E-state index is 11.7. The van der Waals surface area contributed by atoms with Crippen LogP contribution in [0.2, 0.25) is 0 Å². The first-order valence-corrected chi connectivity index (χ1v) is 5.96. The van der Waals surface area contributed by atoms with Gasteiger partial charge < -0.3 is 9.84 Å². The first kappa shape index (κ1) is 14.8. The van der Waals surface area contributed by atoms with E-state index in [-0.39, 0.29) is 13.2 Å². The van der Waals surface area contributed by atoms with Crippen LogP contribution in [0.4, 0.5) is 0 Å². The number of hydrogen-bond acceptors (Lipinski definition) is 5. The second-order valence-electron chi connectivity index (χ2n) is 3.04. The molecule has 0 bridgehead atoms. The second-order valence-corrected chi connectivity index (χ2v) is 5.29. The zero-order valence-electron chi connectivity index (χ0n) is 9.08. The third-order valence-electron chi connectivity index (χ3n) is 1.84. The van der Waals surface area contributed by atoms with Gasteiger partial charge in [0.15, 0.2) is 5.25 Å². The van der Waals surface area contributed by atoms with Crippen LogP contribution in [0.3, 0.4) is 0 Å². The third kappa shape index (κ3) is 4.14. The summed E-state index contributed by atoms with van der Waals surface area (Å²) in [6.07, 6.45) is 0. The van der Waals surface area contributed by atoms with E-state index in [0.29, 0.717) is 0 Å². The number of hydrogen-bond donors (Lipinski definition) is 1. The van der Waals surface area contributed by atoms with Crippen molar-refractivity contribution >= 4 is 16.0 Å². The molecule has 0 aromatic rings. The lowest BCUT2D eigenvalue weighted by Crippen LogP contribution is -2.42. The number of nitriles is 1. The van der Waals surface area contributed by atoms with E-state index in [0.717, 1.165) is 4.31 Å². The number of aliphatic carboxylic acids is 1. The maximum absolute atomic E-state index is 11.7. The maximum Gasteiger partial charge on any atom is 0.318 e. The van der Waals surface area contributed by atoms with Crippen LogP contribution < -0.4 is 0 Å². The number of carboxylic acids is 1. The minimum absolute atomic E-state index is 0.0741. The van der Waals surface area contributed by atoms with E-state index in [1.165, 1.54) is 14.0 Å². The van der Waals surface area contributed by atoms with Crippen LogP contribution >= 0.6 is 0 Å². The average molecular weight is 250 g/mol. The number of carbonyl (C=O) groups is 1. The Morgan fingerprint density at radius 1 is 1.62 bits per heavy atom. The number of ether oxygens (including phenoxy) is 1. The summed E-state index contributed by atoms with van der Waals surface area (Å²) in [5.74, 6) is -1.27. The van der Waals surface area contributed by atoms with Crippen molar-refractivity contribution in [2.24, 2.45) is 0 Å². The summed E-state index contributed by atoms with van der Waals surface area (Å²) in [4.78, 5) is 10.5. The SMILES string of the molecule is COCCN(CC(=O)O)S(=O)(=O)C(C)C#N. The summed E-state index contributed by atoms with van der Waals surface area (Å²) in [5, 5.41) is 15.8. The van der Waals surface area contributed by atoms with Crippen molar-refractivity contribution in [3.8, 4) is 6.07 Å². The highest BCUT2D eigenvalue weighted by molar-refractivity contribution is 7.90. The number of methoxy groups -OCH3 is 1. The molecule has 0 saturated heterocycles. The molecule has 0 aliphatic rings. The lowest BCUT2D eigenvalue weighted by atomic mass is 10.5. The molecule has 7 nitrogen and oxygen atoms in total. The molecule has 1 unspecified atom stereocenters. The van der Waals surface area contributed by atoms with Crippen LogP contribution in [0.15, 0.2) is 0 Å². The molecule has 0 aromatic carbocycles. The number of carboxylic acid groups (broad SMARTS) is 1. The number of sulfonamides is 1. The van der Waals surface area contributed by atoms with Crippen molar-refractivity contribution in [3.63, 3.8) is 0 Å². The fraction of sp³-hybridized carbons (Fsp3) is 0.750. The van der Waals surface area contributed by atoms with Gasteiger partial charge in [-0.2, -0.15) is 9.57 Å². The Hall–Kier alpha value is -1.17. The summed E-state index contributed by atoms with van der Waals surface area (Å²) in [5.41, 5.74) is 0. The Morgan fingerprint density at radius 2 is 2.19 bits per heavy atom. The van der Waals surface area contributed by atoms with Crippen molar-refractivity contribution in [2.75, 3.05) is 26.8 Å². The lowest BCUT2D eigenvalue weighted by Gasteiger charge is -2.20. The Labute approximate surface area is 94.3 Å².